The minimum Gasteiger partial charge on any atom is -0.461 e. The summed E-state index contributed by atoms with van der Waals surface area (Å²) in [7, 11) is 2.15. The van der Waals surface area contributed by atoms with Gasteiger partial charge in [-0.15, -0.1) is 0 Å². The summed E-state index contributed by atoms with van der Waals surface area (Å²) in [5.41, 5.74) is 6.67. The van der Waals surface area contributed by atoms with E-state index in [-0.39, 0.29) is 0 Å². The van der Waals surface area contributed by atoms with Gasteiger partial charge in [-0.05, 0) is 25.2 Å². The molecule has 3 rings (SSSR count). The third-order valence-electron chi connectivity index (χ3n) is 4.15. The van der Waals surface area contributed by atoms with Crippen molar-refractivity contribution >= 4 is 16.9 Å². The molecular formula is C16H21N3O2. The summed E-state index contributed by atoms with van der Waals surface area (Å²) in [5, 5.41) is 0.818. The first kappa shape index (κ1) is 14.1. The van der Waals surface area contributed by atoms with Gasteiger partial charge < -0.3 is 20.0 Å². The Balaban J connectivity index is 1.70. The lowest BCUT2D eigenvalue weighted by Crippen LogP contribution is -2.45. The van der Waals surface area contributed by atoms with Crippen molar-refractivity contribution in [3.05, 3.63) is 35.6 Å². The van der Waals surface area contributed by atoms with E-state index in [1.807, 2.05) is 12.1 Å². The van der Waals surface area contributed by atoms with Gasteiger partial charge in [0.25, 0.3) is 0 Å². The normalized spacial score (nSPS) is 17.4. The lowest BCUT2D eigenvalue weighted by Gasteiger charge is -2.32. The molecular weight excluding hydrogens is 266 g/mol. The molecule has 0 spiro atoms. The molecule has 1 fully saturated rings. The van der Waals surface area contributed by atoms with Crippen LogP contribution in [0.15, 0.2) is 28.7 Å². The summed E-state index contributed by atoms with van der Waals surface area (Å²) in [6, 6.07) is 7.37. The number of carbonyl (C=O) groups is 1. The summed E-state index contributed by atoms with van der Waals surface area (Å²) in [5.74, 6) is 0.504. The molecule has 1 aromatic heterocycles. The van der Waals surface area contributed by atoms with Crippen LogP contribution in [0.3, 0.4) is 0 Å². The Morgan fingerprint density at radius 2 is 2.05 bits per heavy atom. The summed E-state index contributed by atoms with van der Waals surface area (Å²) >= 11 is 0. The maximum absolute atomic E-state index is 11.4. The molecule has 2 aromatic rings. The number of fused-ring (bicyclic) bond motifs is 1. The van der Waals surface area contributed by atoms with Crippen LogP contribution >= 0.6 is 0 Å². The largest absolute Gasteiger partial charge is 0.461 e. The molecule has 2 heterocycles. The second-order valence-electron chi connectivity index (χ2n) is 5.69. The summed E-state index contributed by atoms with van der Waals surface area (Å²) < 4.78 is 5.83. The summed E-state index contributed by atoms with van der Waals surface area (Å²) in [6.45, 7) is 5.42. The molecule has 5 nitrogen and oxygen atoms in total. The van der Waals surface area contributed by atoms with Gasteiger partial charge in [-0.2, -0.15) is 0 Å². The Kier molecular flexibility index (Phi) is 3.94. The van der Waals surface area contributed by atoms with Gasteiger partial charge in [0, 0.05) is 44.5 Å². The number of nitrogens with zero attached hydrogens (tertiary/aromatic N) is 2. The van der Waals surface area contributed by atoms with E-state index in [2.05, 4.69) is 16.8 Å². The fraction of sp³-hybridized carbons (Fsp3) is 0.438. The second kappa shape index (κ2) is 5.87. The molecule has 0 aliphatic carbocycles. The standard InChI is InChI=1S/C16H21N3O2/c1-18-7-9-19(10-8-18)6-5-12-11-14-13(16(17)20)3-2-4-15(14)21-12/h2-4,11H,5-10H2,1H3,(H2,17,20). The molecule has 2 N–H and O–H groups in total. The monoisotopic (exact) mass is 287 g/mol. The molecule has 1 aromatic carbocycles. The van der Waals surface area contributed by atoms with E-state index >= 15 is 0 Å². The number of benzene rings is 1. The number of piperazine rings is 1. The molecule has 0 atom stereocenters. The zero-order valence-corrected chi connectivity index (χ0v) is 12.3. The van der Waals surface area contributed by atoms with Crippen molar-refractivity contribution in [2.24, 2.45) is 5.73 Å². The van der Waals surface area contributed by atoms with E-state index in [4.69, 9.17) is 10.2 Å². The Labute approximate surface area is 124 Å². The van der Waals surface area contributed by atoms with Crippen molar-refractivity contribution in [2.45, 2.75) is 6.42 Å². The van der Waals surface area contributed by atoms with Crippen molar-refractivity contribution < 1.29 is 9.21 Å². The van der Waals surface area contributed by atoms with Crippen LogP contribution < -0.4 is 5.73 Å². The van der Waals surface area contributed by atoms with E-state index < -0.39 is 5.91 Å². The van der Waals surface area contributed by atoms with Crippen LogP contribution in [0.1, 0.15) is 16.1 Å². The first-order chi connectivity index (χ1) is 10.1. The van der Waals surface area contributed by atoms with E-state index in [0.29, 0.717) is 5.56 Å². The Hall–Kier alpha value is -1.85. The molecule has 0 radical (unpaired) electrons. The minimum absolute atomic E-state index is 0.410. The highest BCUT2D eigenvalue weighted by Gasteiger charge is 2.15. The van der Waals surface area contributed by atoms with Crippen LogP contribution in [0.4, 0.5) is 0 Å². The third-order valence-corrected chi connectivity index (χ3v) is 4.15. The number of amides is 1. The molecule has 5 heteroatoms. The number of nitrogens with two attached hydrogens (primary N) is 1. The van der Waals surface area contributed by atoms with Crippen LogP contribution in [0.2, 0.25) is 0 Å². The maximum Gasteiger partial charge on any atom is 0.249 e. The van der Waals surface area contributed by atoms with Crippen LogP contribution in [0, 0.1) is 0 Å². The van der Waals surface area contributed by atoms with Crippen LogP contribution in [-0.4, -0.2) is 55.5 Å². The minimum atomic E-state index is -0.410. The van der Waals surface area contributed by atoms with E-state index in [9.17, 15) is 4.79 Å². The Morgan fingerprint density at radius 3 is 2.76 bits per heavy atom. The van der Waals surface area contributed by atoms with Gasteiger partial charge in [-0.25, -0.2) is 0 Å². The maximum atomic E-state index is 11.4. The smallest absolute Gasteiger partial charge is 0.249 e. The molecule has 0 bridgehead atoms. The molecule has 1 aliphatic rings. The highest BCUT2D eigenvalue weighted by atomic mass is 16.3. The van der Waals surface area contributed by atoms with Gasteiger partial charge in [-0.1, -0.05) is 6.07 Å². The van der Waals surface area contributed by atoms with E-state index in [0.717, 1.165) is 55.9 Å². The highest BCUT2D eigenvalue weighted by Crippen LogP contribution is 2.23. The second-order valence-corrected chi connectivity index (χ2v) is 5.69. The molecule has 1 saturated heterocycles. The zero-order valence-electron chi connectivity index (χ0n) is 12.3. The van der Waals surface area contributed by atoms with Crippen molar-refractivity contribution in [2.75, 3.05) is 39.8 Å². The number of hydrogen-bond donors (Lipinski definition) is 1. The number of primary amides is 1. The number of furan rings is 1. The van der Waals surface area contributed by atoms with Gasteiger partial charge in [0.15, 0.2) is 0 Å². The molecule has 21 heavy (non-hydrogen) atoms. The van der Waals surface area contributed by atoms with Crippen LogP contribution in [0.5, 0.6) is 0 Å². The van der Waals surface area contributed by atoms with Crippen LogP contribution in [-0.2, 0) is 6.42 Å². The van der Waals surface area contributed by atoms with Crippen molar-refractivity contribution in [1.82, 2.24) is 9.80 Å². The highest BCUT2D eigenvalue weighted by molar-refractivity contribution is 6.05. The van der Waals surface area contributed by atoms with Crippen molar-refractivity contribution in [3.63, 3.8) is 0 Å². The number of carbonyl (C=O) groups excluding carboxylic acids is 1. The topological polar surface area (TPSA) is 62.7 Å². The molecule has 1 amide bonds. The summed E-state index contributed by atoms with van der Waals surface area (Å²) in [6.07, 6.45) is 0.858. The average molecular weight is 287 g/mol. The zero-order chi connectivity index (χ0) is 14.8. The predicted molar refractivity (Wildman–Crippen MR) is 82.4 cm³/mol. The third kappa shape index (κ3) is 3.09. The first-order valence-electron chi connectivity index (χ1n) is 7.35. The van der Waals surface area contributed by atoms with Gasteiger partial charge in [0.05, 0.1) is 5.56 Å². The van der Waals surface area contributed by atoms with Crippen LogP contribution in [0.25, 0.3) is 11.0 Å². The number of likely N-dealkylation sites (N-methyl/N-ethyl adjacent to an activating group) is 1. The van der Waals surface area contributed by atoms with Gasteiger partial charge >= 0.3 is 0 Å². The molecule has 0 unspecified atom stereocenters. The predicted octanol–water partition coefficient (Wildman–Crippen LogP) is 1.32. The fourth-order valence-corrected chi connectivity index (χ4v) is 2.79. The molecule has 0 saturated carbocycles. The lowest BCUT2D eigenvalue weighted by atomic mass is 10.1. The van der Waals surface area contributed by atoms with Gasteiger partial charge in [0.2, 0.25) is 5.91 Å². The van der Waals surface area contributed by atoms with Crippen molar-refractivity contribution in [3.8, 4) is 0 Å². The first-order valence-corrected chi connectivity index (χ1v) is 7.35. The quantitative estimate of drug-likeness (QED) is 0.921. The van der Waals surface area contributed by atoms with Crippen molar-refractivity contribution in [1.29, 1.82) is 0 Å². The number of hydrogen-bond acceptors (Lipinski definition) is 4. The fourth-order valence-electron chi connectivity index (χ4n) is 2.79. The van der Waals surface area contributed by atoms with E-state index in [1.165, 1.54) is 0 Å². The molecule has 112 valence electrons. The SMILES string of the molecule is CN1CCN(CCc2cc3c(C(N)=O)cccc3o2)CC1. The average Bonchev–Trinajstić information content (AvgIpc) is 2.89. The van der Waals surface area contributed by atoms with Gasteiger partial charge in [0.1, 0.15) is 11.3 Å². The summed E-state index contributed by atoms with van der Waals surface area (Å²) in [4.78, 5) is 16.2. The number of rotatable bonds is 4. The Morgan fingerprint density at radius 1 is 1.29 bits per heavy atom. The van der Waals surface area contributed by atoms with E-state index in [1.54, 1.807) is 12.1 Å². The molecule has 1 aliphatic heterocycles. The Bertz CT molecular complexity index is 642. The van der Waals surface area contributed by atoms with Gasteiger partial charge in [-0.3, -0.25) is 4.79 Å². The lowest BCUT2D eigenvalue weighted by molar-refractivity contribution is 0.100.